The fourth-order valence-electron chi connectivity index (χ4n) is 1.89. The first-order chi connectivity index (χ1) is 11.1. The fraction of sp³-hybridized carbons (Fsp3) is 0.438. The van der Waals surface area contributed by atoms with Crippen LogP contribution < -0.4 is 10.6 Å². The summed E-state index contributed by atoms with van der Waals surface area (Å²) in [7, 11) is 2.68. The number of hydrogen-bond acceptors (Lipinski definition) is 5. The van der Waals surface area contributed by atoms with E-state index in [1.807, 2.05) is 6.07 Å². The molecule has 1 atom stereocenters. The predicted octanol–water partition coefficient (Wildman–Crippen LogP) is 0.501. The van der Waals surface area contributed by atoms with E-state index in [0.29, 0.717) is 18.5 Å². The largest absolute Gasteiger partial charge is 0.467 e. The molecule has 7 nitrogen and oxygen atoms in total. The molecule has 1 aromatic carbocycles. The van der Waals surface area contributed by atoms with Gasteiger partial charge in [0, 0.05) is 25.6 Å². The molecule has 1 unspecified atom stereocenters. The molecule has 0 saturated carbocycles. The second kappa shape index (κ2) is 10.3. The Kier molecular flexibility index (Phi) is 8.38. The Morgan fingerprint density at radius 2 is 1.83 bits per heavy atom. The van der Waals surface area contributed by atoms with Gasteiger partial charge < -0.3 is 20.1 Å². The molecule has 0 spiro atoms. The molecular weight excluding hydrogens is 300 g/mol. The fourth-order valence-corrected chi connectivity index (χ4v) is 1.89. The molecule has 23 heavy (non-hydrogen) atoms. The third-order valence-corrected chi connectivity index (χ3v) is 3.06. The Bertz CT molecular complexity index is 518. The van der Waals surface area contributed by atoms with Gasteiger partial charge in [-0.1, -0.05) is 18.2 Å². The van der Waals surface area contributed by atoms with Crippen LogP contribution in [0.1, 0.15) is 23.2 Å². The number of benzene rings is 1. The Balaban J connectivity index is 2.28. The van der Waals surface area contributed by atoms with Gasteiger partial charge in [-0.25, -0.2) is 4.79 Å². The average molecular weight is 322 g/mol. The summed E-state index contributed by atoms with van der Waals surface area (Å²) in [6.07, 6.45) is 0.650. The standard InChI is InChI=1S/C16H22N2O5/c1-22-11-13(16(21)23-2)18-14(19)9-6-10-17-15(20)12-7-4-3-5-8-12/h3-5,7-8,13H,6,9-11H2,1-2H3,(H,17,20)(H,18,19). The van der Waals surface area contributed by atoms with E-state index in [9.17, 15) is 14.4 Å². The second-order valence-electron chi connectivity index (χ2n) is 4.82. The van der Waals surface area contributed by atoms with E-state index < -0.39 is 12.0 Å². The maximum absolute atomic E-state index is 11.8. The summed E-state index contributed by atoms with van der Waals surface area (Å²) >= 11 is 0. The van der Waals surface area contributed by atoms with Crippen LogP contribution in [0.4, 0.5) is 0 Å². The Hall–Kier alpha value is -2.41. The number of methoxy groups -OCH3 is 2. The average Bonchev–Trinajstić information content (AvgIpc) is 2.58. The van der Waals surface area contributed by atoms with Crippen LogP contribution in [-0.4, -0.2) is 51.2 Å². The minimum absolute atomic E-state index is 0.0448. The summed E-state index contributed by atoms with van der Waals surface area (Å²) < 4.78 is 9.44. The molecule has 126 valence electrons. The molecule has 0 aromatic heterocycles. The van der Waals surface area contributed by atoms with Crippen molar-refractivity contribution in [2.45, 2.75) is 18.9 Å². The van der Waals surface area contributed by atoms with Gasteiger partial charge >= 0.3 is 5.97 Å². The van der Waals surface area contributed by atoms with Crippen LogP contribution >= 0.6 is 0 Å². The number of carbonyl (C=O) groups excluding carboxylic acids is 3. The van der Waals surface area contributed by atoms with Crippen LogP contribution in [0.25, 0.3) is 0 Å². The molecule has 0 fully saturated rings. The summed E-state index contributed by atoms with van der Waals surface area (Å²) in [5, 5.41) is 5.27. The quantitative estimate of drug-likeness (QED) is 0.510. The molecule has 1 rings (SSSR count). The predicted molar refractivity (Wildman–Crippen MR) is 83.8 cm³/mol. The van der Waals surface area contributed by atoms with Gasteiger partial charge in [-0.2, -0.15) is 0 Å². The summed E-state index contributed by atoms with van der Waals surface area (Å²) in [6.45, 7) is 0.414. The van der Waals surface area contributed by atoms with Gasteiger partial charge in [0.2, 0.25) is 5.91 Å². The summed E-state index contributed by atoms with van der Waals surface area (Å²) in [5.74, 6) is -1.04. The lowest BCUT2D eigenvalue weighted by molar-refractivity contribution is -0.146. The Labute approximate surface area is 135 Å². The highest BCUT2D eigenvalue weighted by molar-refractivity contribution is 5.94. The van der Waals surface area contributed by atoms with Crippen LogP contribution in [-0.2, 0) is 19.1 Å². The number of rotatable bonds is 9. The van der Waals surface area contributed by atoms with Crippen molar-refractivity contribution in [2.24, 2.45) is 0 Å². The zero-order valence-corrected chi connectivity index (χ0v) is 13.3. The maximum Gasteiger partial charge on any atom is 0.330 e. The Morgan fingerprint density at radius 1 is 1.13 bits per heavy atom. The first-order valence-electron chi connectivity index (χ1n) is 7.28. The molecule has 2 amide bonds. The van der Waals surface area contributed by atoms with Crippen molar-refractivity contribution in [3.05, 3.63) is 35.9 Å². The van der Waals surface area contributed by atoms with Gasteiger partial charge in [-0.05, 0) is 18.6 Å². The lowest BCUT2D eigenvalue weighted by Crippen LogP contribution is -2.44. The van der Waals surface area contributed by atoms with E-state index in [1.165, 1.54) is 14.2 Å². The normalized spacial score (nSPS) is 11.4. The lowest BCUT2D eigenvalue weighted by atomic mass is 10.2. The summed E-state index contributed by atoms with van der Waals surface area (Å²) in [6, 6.07) is 8.01. The highest BCUT2D eigenvalue weighted by Gasteiger charge is 2.20. The van der Waals surface area contributed by atoms with Gasteiger partial charge in [0.1, 0.15) is 0 Å². The van der Waals surface area contributed by atoms with E-state index in [1.54, 1.807) is 24.3 Å². The minimum Gasteiger partial charge on any atom is -0.467 e. The molecule has 0 heterocycles. The smallest absolute Gasteiger partial charge is 0.330 e. The molecule has 0 aliphatic rings. The monoisotopic (exact) mass is 322 g/mol. The molecule has 2 N–H and O–H groups in total. The van der Waals surface area contributed by atoms with Gasteiger partial charge in [0.25, 0.3) is 5.91 Å². The molecular formula is C16H22N2O5. The van der Waals surface area contributed by atoms with E-state index in [4.69, 9.17) is 4.74 Å². The third kappa shape index (κ3) is 6.92. The van der Waals surface area contributed by atoms with Crippen LogP contribution in [0.5, 0.6) is 0 Å². The van der Waals surface area contributed by atoms with E-state index in [0.717, 1.165) is 0 Å². The number of amides is 2. The van der Waals surface area contributed by atoms with Gasteiger partial charge in [0.05, 0.1) is 13.7 Å². The SMILES string of the molecule is COCC(NC(=O)CCCNC(=O)c1ccccc1)C(=O)OC. The molecule has 0 radical (unpaired) electrons. The zero-order chi connectivity index (χ0) is 17.1. The molecule has 7 heteroatoms. The number of nitrogens with one attached hydrogen (secondary N) is 2. The Morgan fingerprint density at radius 3 is 2.43 bits per heavy atom. The highest BCUT2D eigenvalue weighted by Crippen LogP contribution is 1.98. The molecule has 0 aliphatic carbocycles. The molecule has 0 aliphatic heterocycles. The number of ether oxygens (including phenoxy) is 2. The van der Waals surface area contributed by atoms with E-state index in [-0.39, 0.29) is 24.8 Å². The van der Waals surface area contributed by atoms with Crippen molar-refractivity contribution in [3.8, 4) is 0 Å². The first-order valence-corrected chi connectivity index (χ1v) is 7.28. The van der Waals surface area contributed by atoms with Crippen molar-refractivity contribution >= 4 is 17.8 Å². The molecule has 0 saturated heterocycles. The summed E-state index contributed by atoms with van der Waals surface area (Å²) in [4.78, 5) is 35.0. The lowest BCUT2D eigenvalue weighted by Gasteiger charge is -2.15. The molecule has 1 aromatic rings. The topological polar surface area (TPSA) is 93.7 Å². The van der Waals surface area contributed by atoms with Crippen LogP contribution in [0, 0.1) is 0 Å². The van der Waals surface area contributed by atoms with Crippen LogP contribution in [0.2, 0.25) is 0 Å². The zero-order valence-electron chi connectivity index (χ0n) is 13.3. The van der Waals surface area contributed by atoms with Crippen molar-refractivity contribution in [1.82, 2.24) is 10.6 Å². The maximum atomic E-state index is 11.8. The van der Waals surface area contributed by atoms with Crippen LogP contribution in [0.15, 0.2) is 30.3 Å². The van der Waals surface area contributed by atoms with E-state index >= 15 is 0 Å². The summed E-state index contributed by atoms with van der Waals surface area (Å²) in [5.41, 5.74) is 0.572. The highest BCUT2D eigenvalue weighted by atomic mass is 16.5. The van der Waals surface area contributed by atoms with Gasteiger partial charge in [-0.3, -0.25) is 9.59 Å². The van der Waals surface area contributed by atoms with Crippen LogP contribution in [0.3, 0.4) is 0 Å². The third-order valence-electron chi connectivity index (χ3n) is 3.06. The first kappa shape index (κ1) is 18.6. The van der Waals surface area contributed by atoms with Gasteiger partial charge in [0.15, 0.2) is 6.04 Å². The van der Waals surface area contributed by atoms with Crippen molar-refractivity contribution in [2.75, 3.05) is 27.4 Å². The minimum atomic E-state index is -0.823. The number of esters is 1. The van der Waals surface area contributed by atoms with Crippen molar-refractivity contribution in [1.29, 1.82) is 0 Å². The van der Waals surface area contributed by atoms with Gasteiger partial charge in [-0.15, -0.1) is 0 Å². The number of carbonyl (C=O) groups is 3. The van der Waals surface area contributed by atoms with E-state index in [2.05, 4.69) is 15.4 Å². The van der Waals surface area contributed by atoms with Crippen molar-refractivity contribution < 1.29 is 23.9 Å². The molecule has 0 bridgehead atoms. The van der Waals surface area contributed by atoms with Crippen molar-refractivity contribution in [3.63, 3.8) is 0 Å². The second-order valence-corrected chi connectivity index (χ2v) is 4.82. The number of hydrogen-bond donors (Lipinski definition) is 2.